The van der Waals surface area contributed by atoms with Gasteiger partial charge in [0.1, 0.15) is 0 Å². The van der Waals surface area contributed by atoms with Crippen LogP contribution >= 0.6 is 0 Å². The van der Waals surface area contributed by atoms with Crippen LogP contribution in [-0.2, 0) is 9.47 Å². The lowest BCUT2D eigenvalue weighted by Crippen LogP contribution is -2.37. The Kier molecular flexibility index (Phi) is 10.8. The van der Waals surface area contributed by atoms with E-state index in [0.717, 1.165) is 78.5 Å². The molecule has 0 saturated carbocycles. The van der Waals surface area contributed by atoms with Gasteiger partial charge in [0.2, 0.25) is 0 Å². The quantitative estimate of drug-likeness (QED) is 0.320. The van der Waals surface area contributed by atoms with E-state index < -0.39 is 5.92 Å². The third-order valence-electron chi connectivity index (χ3n) is 7.94. The average Bonchev–Trinajstić information content (AvgIpc) is 3.06. The lowest BCUT2D eigenvalue weighted by molar-refractivity contribution is 0.0357. The summed E-state index contributed by atoms with van der Waals surface area (Å²) in [6, 6.07) is 9.01. The van der Waals surface area contributed by atoms with Crippen molar-refractivity contribution in [2.45, 2.75) is 18.8 Å². The lowest BCUT2D eigenvalue weighted by atomic mass is 9.86. The fourth-order valence-electron chi connectivity index (χ4n) is 5.53. The Balaban J connectivity index is 1.27. The minimum absolute atomic E-state index is 0.177. The standard InChI is InChI=1S/C32H40N4O7/c1-38-28-18-24(23(21-33)17-30(28)42-11-3-5-35-7-13-40-14-8-35)26-22-34-27-20-29(39-2)31(19-25(27)32(26)37)43-12-4-6-36-9-15-41-16-10-36/h17-20,22,26H,3-16H2,1-2H3. The summed E-state index contributed by atoms with van der Waals surface area (Å²) in [5, 5.41) is 10.0. The van der Waals surface area contributed by atoms with Gasteiger partial charge in [0.25, 0.3) is 0 Å². The molecule has 0 amide bonds. The number of ether oxygens (including phenoxy) is 6. The van der Waals surface area contributed by atoms with Gasteiger partial charge in [-0.2, -0.15) is 5.26 Å². The van der Waals surface area contributed by atoms with Gasteiger partial charge < -0.3 is 28.4 Å². The van der Waals surface area contributed by atoms with Crippen molar-refractivity contribution in [2.75, 3.05) is 93.1 Å². The van der Waals surface area contributed by atoms with E-state index in [1.165, 1.54) is 0 Å². The van der Waals surface area contributed by atoms with Crippen LogP contribution in [0, 0.1) is 11.3 Å². The first kappa shape index (κ1) is 30.8. The van der Waals surface area contributed by atoms with Gasteiger partial charge in [0, 0.05) is 63.2 Å². The number of hydrogen-bond acceptors (Lipinski definition) is 11. The Morgan fingerprint density at radius 1 is 0.837 bits per heavy atom. The van der Waals surface area contributed by atoms with Crippen molar-refractivity contribution < 1.29 is 33.2 Å². The molecular weight excluding hydrogens is 552 g/mol. The van der Waals surface area contributed by atoms with Gasteiger partial charge in [0.15, 0.2) is 28.8 Å². The molecule has 0 radical (unpaired) electrons. The highest BCUT2D eigenvalue weighted by molar-refractivity contribution is 6.16. The number of rotatable bonds is 13. The zero-order valence-electron chi connectivity index (χ0n) is 25.0. The van der Waals surface area contributed by atoms with E-state index in [9.17, 15) is 10.1 Å². The van der Waals surface area contributed by atoms with Gasteiger partial charge in [-0.1, -0.05) is 0 Å². The topological polar surface area (TPSA) is 115 Å². The molecule has 2 aromatic carbocycles. The number of nitrogens with zero attached hydrogens (tertiary/aromatic N) is 4. The fourth-order valence-corrected chi connectivity index (χ4v) is 5.53. The largest absolute Gasteiger partial charge is 0.493 e. The van der Waals surface area contributed by atoms with Crippen molar-refractivity contribution in [3.63, 3.8) is 0 Å². The molecular formula is C32H40N4O7. The first-order valence-corrected chi connectivity index (χ1v) is 14.9. The van der Waals surface area contributed by atoms with E-state index >= 15 is 0 Å². The molecule has 0 spiro atoms. The third-order valence-corrected chi connectivity index (χ3v) is 7.94. The average molecular weight is 593 g/mol. The molecule has 2 fully saturated rings. The molecule has 3 heterocycles. The van der Waals surface area contributed by atoms with Crippen LogP contribution in [0.3, 0.4) is 0 Å². The summed E-state index contributed by atoms with van der Waals surface area (Å²) in [7, 11) is 3.12. The molecule has 5 rings (SSSR count). The highest BCUT2D eigenvalue weighted by atomic mass is 16.5. The van der Waals surface area contributed by atoms with Crippen molar-refractivity contribution in [3.8, 4) is 29.1 Å². The highest BCUT2D eigenvalue weighted by Gasteiger charge is 2.31. The number of carbonyl (C=O) groups is 1. The van der Waals surface area contributed by atoms with Crippen LogP contribution in [0.5, 0.6) is 23.0 Å². The summed E-state index contributed by atoms with van der Waals surface area (Å²) in [5.74, 6) is 1.01. The molecule has 3 aliphatic heterocycles. The van der Waals surface area contributed by atoms with Gasteiger partial charge in [-0.15, -0.1) is 0 Å². The molecule has 2 aromatic rings. The van der Waals surface area contributed by atoms with Crippen molar-refractivity contribution >= 4 is 17.7 Å². The second-order valence-electron chi connectivity index (χ2n) is 10.7. The molecule has 1 atom stereocenters. The molecule has 0 aromatic heterocycles. The minimum Gasteiger partial charge on any atom is -0.493 e. The van der Waals surface area contributed by atoms with Gasteiger partial charge in [0.05, 0.1) is 77.1 Å². The van der Waals surface area contributed by atoms with E-state index in [1.54, 1.807) is 44.7 Å². The number of fused-ring (bicyclic) bond motifs is 1. The summed E-state index contributed by atoms with van der Waals surface area (Å²) >= 11 is 0. The van der Waals surface area contributed by atoms with Crippen LogP contribution in [0.2, 0.25) is 0 Å². The smallest absolute Gasteiger partial charge is 0.178 e. The van der Waals surface area contributed by atoms with Gasteiger partial charge in [-0.25, -0.2) is 0 Å². The molecule has 1 unspecified atom stereocenters. The molecule has 2 saturated heterocycles. The van der Waals surface area contributed by atoms with E-state index in [-0.39, 0.29) is 5.78 Å². The Morgan fingerprint density at radius 3 is 1.95 bits per heavy atom. The first-order chi connectivity index (χ1) is 21.1. The first-order valence-electron chi connectivity index (χ1n) is 14.9. The van der Waals surface area contributed by atoms with Crippen LogP contribution < -0.4 is 18.9 Å². The van der Waals surface area contributed by atoms with E-state index in [2.05, 4.69) is 20.9 Å². The summed E-state index contributed by atoms with van der Waals surface area (Å²) in [4.78, 5) is 23.1. The van der Waals surface area contributed by atoms with Crippen molar-refractivity contribution in [1.82, 2.24) is 9.80 Å². The normalized spacial score (nSPS) is 19.0. The van der Waals surface area contributed by atoms with E-state index in [4.69, 9.17) is 28.4 Å². The number of hydrogen-bond donors (Lipinski definition) is 0. The molecule has 230 valence electrons. The zero-order chi connectivity index (χ0) is 30.0. The maximum absolute atomic E-state index is 13.8. The van der Waals surface area contributed by atoms with Gasteiger partial charge >= 0.3 is 0 Å². The van der Waals surface area contributed by atoms with E-state index in [1.807, 2.05) is 0 Å². The number of benzene rings is 2. The van der Waals surface area contributed by atoms with Gasteiger partial charge in [-0.3, -0.25) is 19.6 Å². The molecule has 11 heteroatoms. The SMILES string of the molecule is COc1cc(C2C=Nc3cc(OC)c(OCCCN4CCOCC4)cc3C2=O)c(C#N)cc1OCCCN1CCOCC1. The number of methoxy groups -OCH3 is 2. The van der Waals surface area contributed by atoms with Crippen LogP contribution in [0.1, 0.15) is 40.2 Å². The lowest BCUT2D eigenvalue weighted by Gasteiger charge is -2.26. The number of ketones is 1. The number of nitriles is 1. The number of morpholine rings is 2. The monoisotopic (exact) mass is 592 g/mol. The predicted molar refractivity (Wildman–Crippen MR) is 161 cm³/mol. The second-order valence-corrected chi connectivity index (χ2v) is 10.7. The van der Waals surface area contributed by atoms with E-state index in [0.29, 0.717) is 58.6 Å². The number of aliphatic imine (C=N–C) groups is 1. The summed E-state index contributed by atoms with van der Waals surface area (Å²) in [6.07, 6.45) is 3.24. The highest BCUT2D eigenvalue weighted by Crippen LogP contribution is 2.41. The van der Waals surface area contributed by atoms with Crippen LogP contribution in [0.4, 0.5) is 5.69 Å². The molecule has 3 aliphatic rings. The fraction of sp³-hybridized carbons (Fsp3) is 0.531. The van der Waals surface area contributed by atoms with Crippen molar-refractivity contribution in [1.29, 1.82) is 5.26 Å². The molecule has 43 heavy (non-hydrogen) atoms. The third kappa shape index (κ3) is 7.64. The molecule has 0 bridgehead atoms. The van der Waals surface area contributed by atoms with Gasteiger partial charge in [-0.05, 0) is 30.5 Å². The number of carbonyl (C=O) groups excluding carboxylic acids is 1. The molecule has 0 aliphatic carbocycles. The summed E-state index contributed by atoms with van der Waals surface area (Å²) in [5.41, 5.74) is 1.78. The maximum Gasteiger partial charge on any atom is 0.178 e. The van der Waals surface area contributed by atoms with Crippen LogP contribution in [-0.4, -0.2) is 115 Å². The Bertz CT molecular complexity index is 1330. The van der Waals surface area contributed by atoms with Crippen LogP contribution in [0.15, 0.2) is 29.3 Å². The van der Waals surface area contributed by atoms with Crippen molar-refractivity contribution in [2.24, 2.45) is 4.99 Å². The van der Waals surface area contributed by atoms with Crippen molar-refractivity contribution in [3.05, 3.63) is 41.0 Å². The Hall–Kier alpha value is -3.69. The summed E-state index contributed by atoms with van der Waals surface area (Å²) in [6.45, 7) is 9.50. The van der Waals surface area contributed by atoms with Crippen LogP contribution in [0.25, 0.3) is 0 Å². The Morgan fingerprint density at radius 2 is 1.40 bits per heavy atom. The predicted octanol–water partition coefficient (Wildman–Crippen LogP) is 3.46. The zero-order valence-corrected chi connectivity index (χ0v) is 25.0. The molecule has 11 nitrogen and oxygen atoms in total. The second kappa shape index (κ2) is 15.2. The Labute approximate surface area is 252 Å². The minimum atomic E-state index is -0.756. The maximum atomic E-state index is 13.8. The summed E-state index contributed by atoms with van der Waals surface area (Å²) < 4.78 is 34.1. The molecule has 0 N–H and O–H groups in total. The number of Topliss-reactive ketones (excluding diaryl/α,β-unsaturated/α-hetero) is 1.